The molecule has 1 spiro atoms. The van der Waals surface area contributed by atoms with E-state index in [1.54, 1.807) is 0 Å². The first-order valence-corrected chi connectivity index (χ1v) is 7.38. The largest absolute Gasteiger partial charge is 0.460 e. The minimum absolute atomic E-state index is 0.0217. The summed E-state index contributed by atoms with van der Waals surface area (Å²) in [6, 6.07) is 0. The summed E-state index contributed by atoms with van der Waals surface area (Å²) in [6.07, 6.45) is -4.62. The summed E-state index contributed by atoms with van der Waals surface area (Å²) < 4.78 is 32.7. The van der Waals surface area contributed by atoms with E-state index in [2.05, 4.69) is 0 Å². The summed E-state index contributed by atoms with van der Waals surface area (Å²) in [5.41, 5.74) is -1.43. The van der Waals surface area contributed by atoms with E-state index in [1.807, 2.05) is 0 Å². The number of ether oxygens (including phenoxy) is 6. The molecule has 5 saturated heterocycles. The topological polar surface area (TPSA) is 116 Å². The number of carbonyl (C=O) groups is 1. The maximum absolute atomic E-state index is 11.6. The van der Waals surface area contributed by atoms with Crippen molar-refractivity contribution in [2.75, 3.05) is 13.2 Å². The third-order valence-corrected chi connectivity index (χ3v) is 4.95. The molecule has 5 aliphatic rings. The van der Waals surface area contributed by atoms with Crippen molar-refractivity contribution in [1.82, 2.24) is 0 Å². The fourth-order valence-electron chi connectivity index (χ4n) is 3.54. The third kappa shape index (κ3) is 1.70. The molecule has 0 amide bonds. The van der Waals surface area contributed by atoms with Crippen molar-refractivity contribution in [3.05, 3.63) is 0 Å². The van der Waals surface area contributed by atoms with Gasteiger partial charge >= 0.3 is 5.97 Å². The first-order chi connectivity index (χ1) is 10.6. The Morgan fingerprint density at radius 1 is 1.23 bits per heavy atom. The maximum Gasteiger partial charge on any atom is 0.345 e. The normalized spacial score (nSPS) is 58.9. The lowest BCUT2D eigenvalue weighted by Crippen LogP contribution is -2.70. The molecule has 9 nitrogen and oxygen atoms in total. The van der Waals surface area contributed by atoms with E-state index in [1.165, 1.54) is 0 Å². The number of epoxide rings is 1. The Balaban J connectivity index is 1.33. The Morgan fingerprint density at radius 3 is 2.82 bits per heavy atom. The molecule has 0 aromatic heterocycles. The van der Waals surface area contributed by atoms with E-state index in [4.69, 9.17) is 28.4 Å². The third-order valence-electron chi connectivity index (χ3n) is 4.95. The van der Waals surface area contributed by atoms with Gasteiger partial charge in [-0.15, -0.1) is 0 Å². The lowest BCUT2D eigenvalue weighted by molar-refractivity contribution is -0.343. The molecule has 0 aromatic carbocycles. The second kappa shape index (κ2) is 4.38. The summed E-state index contributed by atoms with van der Waals surface area (Å²) in [7, 11) is 0. The minimum atomic E-state index is -1.43. The summed E-state index contributed by atoms with van der Waals surface area (Å²) in [5.74, 6) is -0.634. The van der Waals surface area contributed by atoms with Gasteiger partial charge < -0.3 is 38.6 Å². The highest BCUT2D eigenvalue weighted by atomic mass is 16.8. The van der Waals surface area contributed by atoms with Gasteiger partial charge in [0, 0.05) is 6.42 Å². The number of carbonyl (C=O) groups excluding carboxylic acids is 1. The average molecular weight is 316 g/mol. The molecule has 9 atom stereocenters. The van der Waals surface area contributed by atoms with Gasteiger partial charge in [-0.05, 0) is 0 Å². The molecule has 0 unspecified atom stereocenters. The first kappa shape index (κ1) is 13.6. The molecule has 0 aromatic rings. The van der Waals surface area contributed by atoms with E-state index >= 15 is 0 Å². The van der Waals surface area contributed by atoms with E-state index in [0.717, 1.165) is 0 Å². The molecule has 5 rings (SSSR count). The molecule has 122 valence electrons. The smallest absolute Gasteiger partial charge is 0.345 e. The van der Waals surface area contributed by atoms with Crippen molar-refractivity contribution in [2.45, 2.75) is 61.2 Å². The van der Waals surface area contributed by atoms with Crippen LogP contribution < -0.4 is 0 Å². The van der Waals surface area contributed by atoms with Crippen LogP contribution in [0.3, 0.4) is 0 Å². The molecule has 2 bridgehead atoms. The summed E-state index contributed by atoms with van der Waals surface area (Å²) in [4.78, 5) is 11.6. The number of fused-ring (bicyclic) bond motifs is 4. The average Bonchev–Trinajstić information content (AvgIpc) is 3.18. The van der Waals surface area contributed by atoms with Gasteiger partial charge in [-0.1, -0.05) is 0 Å². The molecule has 5 fully saturated rings. The fourth-order valence-corrected chi connectivity index (χ4v) is 3.54. The van der Waals surface area contributed by atoms with Gasteiger partial charge in [0.25, 0.3) is 0 Å². The summed E-state index contributed by atoms with van der Waals surface area (Å²) in [6.45, 7) is 0.349. The molecular weight excluding hydrogens is 300 g/mol. The van der Waals surface area contributed by atoms with Crippen molar-refractivity contribution in [1.29, 1.82) is 0 Å². The van der Waals surface area contributed by atoms with Crippen LogP contribution in [0.2, 0.25) is 0 Å². The van der Waals surface area contributed by atoms with Crippen molar-refractivity contribution < 1.29 is 43.4 Å². The van der Waals surface area contributed by atoms with Crippen LogP contribution in [-0.4, -0.2) is 84.2 Å². The van der Waals surface area contributed by atoms with Gasteiger partial charge in [0.05, 0.1) is 6.61 Å². The number of hydrogen-bond acceptors (Lipinski definition) is 9. The highest BCUT2D eigenvalue weighted by Gasteiger charge is 2.65. The van der Waals surface area contributed by atoms with E-state index < -0.39 is 36.2 Å². The predicted molar refractivity (Wildman–Crippen MR) is 63.3 cm³/mol. The number of esters is 1. The Bertz CT molecular complexity index is 512. The van der Waals surface area contributed by atoms with Gasteiger partial charge in [-0.3, -0.25) is 0 Å². The van der Waals surface area contributed by atoms with Crippen LogP contribution in [0.15, 0.2) is 0 Å². The molecule has 9 heteroatoms. The summed E-state index contributed by atoms with van der Waals surface area (Å²) >= 11 is 0. The molecule has 5 aliphatic heterocycles. The van der Waals surface area contributed by atoms with Crippen LogP contribution >= 0.6 is 0 Å². The van der Waals surface area contributed by atoms with Gasteiger partial charge in [0.2, 0.25) is 5.60 Å². The van der Waals surface area contributed by atoms with Crippen LogP contribution in [0.4, 0.5) is 0 Å². The highest BCUT2D eigenvalue weighted by Crippen LogP contribution is 2.45. The number of aliphatic hydroxyl groups excluding tert-OH is 2. The van der Waals surface area contributed by atoms with Gasteiger partial charge in [-0.25, -0.2) is 4.79 Å². The predicted octanol–water partition coefficient (Wildman–Crippen LogP) is -2.34. The summed E-state index contributed by atoms with van der Waals surface area (Å²) in [5, 5.41) is 20.1. The van der Waals surface area contributed by atoms with Crippen LogP contribution in [0.25, 0.3) is 0 Å². The van der Waals surface area contributed by atoms with Crippen LogP contribution in [0.5, 0.6) is 0 Å². The Morgan fingerprint density at radius 2 is 2.09 bits per heavy atom. The molecule has 22 heavy (non-hydrogen) atoms. The monoisotopic (exact) mass is 316 g/mol. The Kier molecular flexibility index (Phi) is 2.71. The van der Waals surface area contributed by atoms with E-state index in [9.17, 15) is 15.0 Å². The number of rotatable bonds is 2. The SMILES string of the molecule is O=C1OC[C@]12O[C@@H](O[C@H]1[C@@H]3O[C@@H]3[C@@H]3OC[C@H]1O3)[C@H](O)C[C@@H]2O. The Labute approximate surface area is 125 Å². The van der Waals surface area contributed by atoms with Crippen molar-refractivity contribution >= 4 is 5.97 Å². The maximum atomic E-state index is 11.6. The zero-order chi connectivity index (χ0) is 15.1. The molecule has 0 aliphatic carbocycles. The zero-order valence-electron chi connectivity index (χ0n) is 11.5. The standard InChI is InChI=1S/C13H16O9/c14-4-1-6(15)13(3-18-12(13)16)22-10(4)21-7-5-2-17-11(19-5)9-8(7)20-9/h4-11,14-15H,1-3H2/t4-,5-,6+,7-,8+,9+,10-,11-,13-/m1/s1. The molecule has 0 radical (unpaired) electrons. The molecule has 5 heterocycles. The zero-order valence-corrected chi connectivity index (χ0v) is 11.5. The van der Waals surface area contributed by atoms with Crippen LogP contribution in [0, 0.1) is 0 Å². The number of aliphatic hydroxyl groups is 2. The van der Waals surface area contributed by atoms with E-state index in [-0.39, 0.29) is 37.6 Å². The number of hydrogen-bond donors (Lipinski definition) is 2. The highest BCUT2D eigenvalue weighted by molar-refractivity contribution is 5.85. The van der Waals surface area contributed by atoms with Crippen LogP contribution in [0.1, 0.15) is 6.42 Å². The molecule has 2 N–H and O–H groups in total. The van der Waals surface area contributed by atoms with Gasteiger partial charge in [-0.2, -0.15) is 0 Å². The van der Waals surface area contributed by atoms with Gasteiger partial charge in [0.15, 0.2) is 12.6 Å². The molecular formula is C13H16O9. The fraction of sp³-hybridized carbons (Fsp3) is 0.923. The minimum Gasteiger partial charge on any atom is -0.460 e. The second-order valence-electron chi connectivity index (χ2n) is 6.31. The molecule has 0 saturated carbocycles. The lowest BCUT2D eigenvalue weighted by atomic mass is 9.86. The quantitative estimate of drug-likeness (QED) is 0.427. The van der Waals surface area contributed by atoms with Gasteiger partial charge in [0.1, 0.15) is 43.2 Å². The van der Waals surface area contributed by atoms with Crippen LogP contribution in [-0.2, 0) is 33.2 Å². The Hall–Kier alpha value is -0.810. The van der Waals surface area contributed by atoms with E-state index in [0.29, 0.717) is 6.61 Å². The van der Waals surface area contributed by atoms with Crippen molar-refractivity contribution in [3.63, 3.8) is 0 Å². The lowest BCUT2D eigenvalue weighted by Gasteiger charge is -2.49. The second-order valence-corrected chi connectivity index (χ2v) is 6.31. The van der Waals surface area contributed by atoms with Crippen molar-refractivity contribution in [2.24, 2.45) is 0 Å². The first-order valence-electron chi connectivity index (χ1n) is 7.38. The number of cyclic esters (lactones) is 1. The van der Waals surface area contributed by atoms with Crippen molar-refractivity contribution in [3.8, 4) is 0 Å².